The molecule has 0 aliphatic rings. The first-order valence-corrected chi connectivity index (χ1v) is 7.47. The molecule has 1 heterocycles. The molecule has 0 radical (unpaired) electrons. The number of rotatable bonds is 3. The van der Waals surface area contributed by atoms with Crippen molar-refractivity contribution in [3.63, 3.8) is 0 Å². The summed E-state index contributed by atoms with van der Waals surface area (Å²) in [5.74, 6) is -0.271. The SMILES string of the molecule is NC(Cc1sccc1Br)c1cccc(Br)c1F. The van der Waals surface area contributed by atoms with Crippen LogP contribution in [0.4, 0.5) is 4.39 Å². The standard InChI is InChI=1S/C12H10Br2FNS/c13-8-4-5-17-11(8)6-10(16)7-2-1-3-9(14)12(7)15/h1-5,10H,6,16H2. The zero-order valence-electron chi connectivity index (χ0n) is 8.79. The summed E-state index contributed by atoms with van der Waals surface area (Å²) in [5, 5.41) is 1.99. The molecule has 90 valence electrons. The molecular weight excluding hydrogens is 369 g/mol. The molecule has 1 nitrogen and oxygen atoms in total. The zero-order chi connectivity index (χ0) is 12.4. The van der Waals surface area contributed by atoms with Crippen LogP contribution in [0.15, 0.2) is 38.6 Å². The van der Waals surface area contributed by atoms with Crippen LogP contribution in [0, 0.1) is 5.82 Å². The average molecular weight is 379 g/mol. The van der Waals surface area contributed by atoms with E-state index in [4.69, 9.17) is 5.73 Å². The third-order valence-corrected chi connectivity index (χ3v) is 5.04. The molecule has 1 unspecified atom stereocenters. The summed E-state index contributed by atoms with van der Waals surface area (Å²) in [6.45, 7) is 0. The van der Waals surface area contributed by atoms with Gasteiger partial charge in [0.1, 0.15) is 5.82 Å². The van der Waals surface area contributed by atoms with Crippen LogP contribution in [0.1, 0.15) is 16.5 Å². The van der Waals surface area contributed by atoms with Gasteiger partial charge in [0.05, 0.1) is 4.47 Å². The Labute approximate surface area is 120 Å². The van der Waals surface area contributed by atoms with Gasteiger partial charge in [0.2, 0.25) is 0 Å². The molecule has 2 rings (SSSR count). The largest absolute Gasteiger partial charge is 0.324 e. The molecule has 5 heteroatoms. The lowest BCUT2D eigenvalue weighted by Gasteiger charge is -2.13. The maximum Gasteiger partial charge on any atom is 0.142 e. The Morgan fingerprint density at radius 1 is 1.24 bits per heavy atom. The van der Waals surface area contributed by atoms with Crippen molar-refractivity contribution in [1.82, 2.24) is 0 Å². The van der Waals surface area contributed by atoms with E-state index in [1.165, 1.54) is 0 Å². The van der Waals surface area contributed by atoms with Crippen molar-refractivity contribution in [2.75, 3.05) is 0 Å². The van der Waals surface area contributed by atoms with E-state index in [1.54, 1.807) is 29.5 Å². The Hall–Kier alpha value is -0.230. The number of hydrogen-bond acceptors (Lipinski definition) is 2. The molecule has 0 aliphatic carbocycles. The van der Waals surface area contributed by atoms with E-state index in [2.05, 4.69) is 31.9 Å². The molecule has 2 aromatic rings. The van der Waals surface area contributed by atoms with Crippen LogP contribution in [0.2, 0.25) is 0 Å². The second-order valence-corrected chi connectivity index (χ2v) is 6.35. The summed E-state index contributed by atoms with van der Waals surface area (Å²) >= 11 is 8.24. The normalized spacial score (nSPS) is 12.7. The van der Waals surface area contributed by atoms with Crippen LogP contribution >= 0.6 is 43.2 Å². The molecule has 17 heavy (non-hydrogen) atoms. The van der Waals surface area contributed by atoms with Crippen molar-refractivity contribution in [1.29, 1.82) is 0 Å². The van der Waals surface area contributed by atoms with Gasteiger partial charge in [-0.3, -0.25) is 0 Å². The molecule has 0 saturated carbocycles. The fraction of sp³-hybridized carbons (Fsp3) is 0.167. The molecule has 0 spiro atoms. The van der Waals surface area contributed by atoms with E-state index in [1.807, 2.05) is 11.4 Å². The van der Waals surface area contributed by atoms with Crippen molar-refractivity contribution < 1.29 is 4.39 Å². The lowest BCUT2D eigenvalue weighted by atomic mass is 10.0. The predicted octanol–water partition coefficient (Wildman–Crippen LogP) is 4.65. The average Bonchev–Trinajstić information content (AvgIpc) is 2.68. The number of benzene rings is 1. The van der Waals surface area contributed by atoms with E-state index in [0.717, 1.165) is 9.35 Å². The fourth-order valence-electron chi connectivity index (χ4n) is 1.59. The Morgan fingerprint density at radius 3 is 2.65 bits per heavy atom. The molecule has 0 amide bonds. The van der Waals surface area contributed by atoms with Gasteiger partial charge in [-0.15, -0.1) is 11.3 Å². The van der Waals surface area contributed by atoms with Gasteiger partial charge in [-0.05, 0) is 49.4 Å². The maximum atomic E-state index is 13.8. The summed E-state index contributed by atoms with van der Waals surface area (Å²) in [5.41, 5.74) is 6.59. The monoisotopic (exact) mass is 377 g/mol. The summed E-state index contributed by atoms with van der Waals surface area (Å²) in [7, 11) is 0. The van der Waals surface area contributed by atoms with E-state index in [-0.39, 0.29) is 11.9 Å². The van der Waals surface area contributed by atoms with Gasteiger partial charge in [-0.2, -0.15) is 0 Å². The lowest BCUT2D eigenvalue weighted by molar-refractivity contribution is 0.576. The molecule has 0 saturated heterocycles. The Morgan fingerprint density at radius 2 is 2.00 bits per heavy atom. The molecule has 2 N–H and O–H groups in total. The van der Waals surface area contributed by atoms with Crippen molar-refractivity contribution in [3.05, 3.63) is 54.8 Å². The Kier molecular flexibility index (Phi) is 4.36. The molecular formula is C12H10Br2FNS. The highest BCUT2D eigenvalue weighted by atomic mass is 79.9. The van der Waals surface area contributed by atoms with Gasteiger partial charge in [0.15, 0.2) is 0 Å². The smallest absolute Gasteiger partial charge is 0.142 e. The molecule has 0 bridgehead atoms. The number of halogens is 3. The number of nitrogens with two attached hydrogens (primary N) is 1. The van der Waals surface area contributed by atoms with Gasteiger partial charge in [-0.25, -0.2) is 4.39 Å². The van der Waals surface area contributed by atoms with Gasteiger partial charge in [-0.1, -0.05) is 12.1 Å². The highest BCUT2D eigenvalue weighted by Crippen LogP contribution is 2.29. The van der Waals surface area contributed by atoms with Crippen LogP contribution < -0.4 is 5.73 Å². The van der Waals surface area contributed by atoms with Gasteiger partial charge in [0.25, 0.3) is 0 Å². The van der Waals surface area contributed by atoms with Gasteiger partial charge < -0.3 is 5.73 Å². The summed E-state index contributed by atoms with van der Waals surface area (Å²) < 4.78 is 15.3. The third kappa shape index (κ3) is 2.96. The van der Waals surface area contributed by atoms with Crippen molar-refractivity contribution in [2.24, 2.45) is 5.73 Å². The minimum atomic E-state index is -0.331. The topological polar surface area (TPSA) is 26.0 Å². The molecule has 0 aliphatic heterocycles. The molecule has 1 aromatic carbocycles. The summed E-state index contributed by atoms with van der Waals surface area (Å²) in [4.78, 5) is 1.14. The van der Waals surface area contributed by atoms with Crippen LogP contribution in [-0.2, 0) is 6.42 Å². The highest BCUT2D eigenvalue weighted by Gasteiger charge is 2.15. The minimum absolute atomic E-state index is 0.271. The quantitative estimate of drug-likeness (QED) is 0.826. The first kappa shape index (κ1) is 13.2. The first-order chi connectivity index (χ1) is 8.09. The number of thiophene rings is 1. The van der Waals surface area contributed by atoms with Gasteiger partial charge in [0, 0.05) is 27.4 Å². The van der Waals surface area contributed by atoms with Crippen LogP contribution in [-0.4, -0.2) is 0 Å². The van der Waals surface area contributed by atoms with E-state index >= 15 is 0 Å². The lowest BCUT2D eigenvalue weighted by Crippen LogP contribution is -2.14. The third-order valence-electron chi connectivity index (χ3n) is 2.48. The second kappa shape index (κ2) is 5.61. The maximum absolute atomic E-state index is 13.8. The van der Waals surface area contributed by atoms with Crippen LogP contribution in [0.5, 0.6) is 0 Å². The van der Waals surface area contributed by atoms with Crippen LogP contribution in [0.3, 0.4) is 0 Å². The number of hydrogen-bond donors (Lipinski definition) is 1. The van der Waals surface area contributed by atoms with E-state index < -0.39 is 0 Å². The van der Waals surface area contributed by atoms with Crippen molar-refractivity contribution in [3.8, 4) is 0 Å². The molecule has 1 atom stereocenters. The van der Waals surface area contributed by atoms with Crippen molar-refractivity contribution >= 4 is 43.2 Å². The highest BCUT2D eigenvalue weighted by molar-refractivity contribution is 9.10. The molecule has 1 aromatic heterocycles. The van der Waals surface area contributed by atoms with Crippen molar-refractivity contribution in [2.45, 2.75) is 12.5 Å². The zero-order valence-corrected chi connectivity index (χ0v) is 12.8. The second-order valence-electron chi connectivity index (χ2n) is 3.65. The summed E-state index contributed by atoms with van der Waals surface area (Å²) in [6, 6.07) is 6.84. The fourth-order valence-corrected chi connectivity index (χ4v) is 3.54. The predicted molar refractivity (Wildman–Crippen MR) is 76.8 cm³/mol. The minimum Gasteiger partial charge on any atom is -0.324 e. The Balaban J connectivity index is 2.23. The summed E-state index contributed by atoms with van der Waals surface area (Å²) in [6.07, 6.45) is 0.631. The van der Waals surface area contributed by atoms with Gasteiger partial charge >= 0.3 is 0 Å². The Bertz CT molecular complexity index is 527. The van der Waals surface area contributed by atoms with E-state index in [9.17, 15) is 4.39 Å². The molecule has 0 fully saturated rings. The van der Waals surface area contributed by atoms with E-state index in [0.29, 0.717) is 16.5 Å². The first-order valence-electron chi connectivity index (χ1n) is 5.01. The van der Waals surface area contributed by atoms with Crippen LogP contribution in [0.25, 0.3) is 0 Å².